The number of nitrogens with one attached hydrogen (secondary N) is 1. The first-order valence-electron chi connectivity index (χ1n) is 4.77. The molecule has 0 aliphatic rings. The first kappa shape index (κ1) is 12.0. The number of hydrogen-bond acceptors (Lipinski definition) is 1. The monoisotopic (exact) mass is 179 g/mol. The Morgan fingerprint density at radius 1 is 1.08 bits per heavy atom. The molecular weight excluding hydrogens is 158 g/mol. The Balaban J connectivity index is 3.41. The lowest BCUT2D eigenvalue weighted by Crippen LogP contribution is -2.03. The van der Waals surface area contributed by atoms with Gasteiger partial charge >= 0.3 is 0 Å². The fraction of sp³-hybridized carbons (Fsp3) is 0.500. The molecule has 0 aromatic carbocycles. The molecule has 0 radical (unpaired) electrons. The second kappa shape index (κ2) is 6.53. The Bertz CT molecular complexity index is 201. The molecule has 0 rings (SSSR count). The Morgan fingerprint density at radius 3 is 2.08 bits per heavy atom. The summed E-state index contributed by atoms with van der Waals surface area (Å²) in [6, 6.07) is 0. The number of rotatable bonds is 7. The van der Waals surface area contributed by atoms with Crippen LogP contribution in [0.25, 0.3) is 0 Å². The average molecular weight is 179 g/mol. The van der Waals surface area contributed by atoms with Crippen molar-refractivity contribution in [1.29, 1.82) is 0 Å². The minimum atomic E-state index is 1.06. The van der Waals surface area contributed by atoms with Gasteiger partial charge in [0.25, 0.3) is 0 Å². The molecule has 0 bridgehead atoms. The lowest BCUT2D eigenvalue weighted by atomic mass is 10.0. The molecule has 0 atom stereocenters. The topological polar surface area (TPSA) is 12.0 Å². The molecule has 0 saturated heterocycles. The highest BCUT2D eigenvalue weighted by atomic mass is 14.8. The molecule has 0 saturated carbocycles. The van der Waals surface area contributed by atoms with Crippen molar-refractivity contribution < 1.29 is 0 Å². The van der Waals surface area contributed by atoms with E-state index in [2.05, 4.69) is 25.1 Å². The van der Waals surface area contributed by atoms with E-state index in [-0.39, 0.29) is 0 Å². The fourth-order valence-electron chi connectivity index (χ4n) is 1.02. The van der Waals surface area contributed by atoms with Gasteiger partial charge in [-0.25, -0.2) is 0 Å². The van der Waals surface area contributed by atoms with E-state index in [1.54, 1.807) is 0 Å². The third-order valence-corrected chi connectivity index (χ3v) is 2.16. The van der Waals surface area contributed by atoms with Crippen LogP contribution >= 0.6 is 0 Å². The molecule has 0 spiro atoms. The van der Waals surface area contributed by atoms with Gasteiger partial charge in [0.2, 0.25) is 0 Å². The highest BCUT2D eigenvalue weighted by Crippen LogP contribution is 2.14. The Labute approximate surface area is 82.2 Å². The van der Waals surface area contributed by atoms with Gasteiger partial charge in [0.05, 0.1) is 0 Å². The summed E-state index contributed by atoms with van der Waals surface area (Å²) in [5, 5.41) is 3.04. The quantitative estimate of drug-likeness (QED) is 0.466. The molecule has 0 aliphatic heterocycles. The normalized spacial score (nSPS) is 9.38. The van der Waals surface area contributed by atoms with Crippen LogP contribution in [0.1, 0.15) is 32.6 Å². The van der Waals surface area contributed by atoms with Crippen LogP contribution in [0, 0.1) is 0 Å². The van der Waals surface area contributed by atoms with Crippen LogP contribution in [0.3, 0.4) is 0 Å². The van der Waals surface area contributed by atoms with Crippen LogP contribution in [-0.2, 0) is 0 Å². The van der Waals surface area contributed by atoms with Crippen LogP contribution < -0.4 is 5.32 Å². The van der Waals surface area contributed by atoms with E-state index >= 15 is 0 Å². The zero-order valence-electron chi connectivity index (χ0n) is 8.95. The van der Waals surface area contributed by atoms with Gasteiger partial charge in [0.1, 0.15) is 0 Å². The minimum absolute atomic E-state index is 1.06. The third-order valence-electron chi connectivity index (χ3n) is 2.16. The Hall–Kier alpha value is -0.980. The summed E-state index contributed by atoms with van der Waals surface area (Å²) in [5.41, 5.74) is 3.39. The zero-order valence-corrected chi connectivity index (χ0v) is 8.95. The van der Waals surface area contributed by atoms with Crippen molar-refractivity contribution in [2.75, 3.05) is 7.05 Å². The van der Waals surface area contributed by atoms with E-state index in [0.29, 0.717) is 0 Å². The molecule has 0 fully saturated rings. The summed E-state index contributed by atoms with van der Waals surface area (Å²) in [7, 11) is 1.91. The standard InChI is InChI=1S/C12H21N/c1-10(2)11(3)8-6-7-9-12(4)13-5/h13H,1,3-4,6-9H2,2,5H3. The summed E-state index contributed by atoms with van der Waals surface area (Å²) < 4.78 is 0. The number of allylic oxidation sites excluding steroid dienone is 3. The van der Waals surface area contributed by atoms with Crippen molar-refractivity contribution in [1.82, 2.24) is 5.32 Å². The lowest BCUT2D eigenvalue weighted by Gasteiger charge is -2.06. The largest absolute Gasteiger partial charge is 0.392 e. The van der Waals surface area contributed by atoms with Crippen molar-refractivity contribution in [2.24, 2.45) is 0 Å². The molecule has 0 heterocycles. The Kier molecular flexibility index (Phi) is 6.03. The van der Waals surface area contributed by atoms with Crippen LogP contribution in [0.2, 0.25) is 0 Å². The van der Waals surface area contributed by atoms with E-state index in [1.165, 1.54) is 18.4 Å². The maximum Gasteiger partial charge on any atom is 0.00310 e. The van der Waals surface area contributed by atoms with Crippen LogP contribution in [0.5, 0.6) is 0 Å². The van der Waals surface area contributed by atoms with Crippen LogP contribution in [0.4, 0.5) is 0 Å². The second-order valence-electron chi connectivity index (χ2n) is 3.44. The smallest absolute Gasteiger partial charge is 0.00310 e. The molecule has 0 aliphatic carbocycles. The van der Waals surface area contributed by atoms with Gasteiger partial charge in [-0.3, -0.25) is 0 Å². The molecular formula is C12H21N. The average Bonchev–Trinajstić information content (AvgIpc) is 2.11. The van der Waals surface area contributed by atoms with Gasteiger partial charge in [-0.15, -0.1) is 0 Å². The van der Waals surface area contributed by atoms with Crippen molar-refractivity contribution in [3.05, 3.63) is 36.6 Å². The number of unbranched alkanes of at least 4 members (excludes halogenated alkanes) is 1. The van der Waals surface area contributed by atoms with Gasteiger partial charge in [-0.1, -0.05) is 30.9 Å². The summed E-state index contributed by atoms with van der Waals surface area (Å²) in [4.78, 5) is 0. The molecule has 0 amide bonds. The van der Waals surface area contributed by atoms with Gasteiger partial charge in [-0.05, 0) is 32.6 Å². The summed E-state index contributed by atoms with van der Waals surface area (Å²) >= 11 is 0. The molecule has 0 aromatic heterocycles. The predicted molar refractivity (Wildman–Crippen MR) is 60.6 cm³/mol. The summed E-state index contributed by atoms with van der Waals surface area (Å²) in [6.07, 6.45) is 4.46. The SMILES string of the molecule is C=C(CCCCC(=C)C(=C)C)NC. The van der Waals surface area contributed by atoms with E-state index in [1.807, 2.05) is 14.0 Å². The van der Waals surface area contributed by atoms with Crippen LogP contribution in [0.15, 0.2) is 36.6 Å². The van der Waals surface area contributed by atoms with Crippen LogP contribution in [-0.4, -0.2) is 7.05 Å². The minimum Gasteiger partial charge on any atom is -0.392 e. The molecule has 0 aromatic rings. The number of hydrogen-bond donors (Lipinski definition) is 1. The van der Waals surface area contributed by atoms with Crippen molar-refractivity contribution in [3.63, 3.8) is 0 Å². The molecule has 13 heavy (non-hydrogen) atoms. The first-order valence-corrected chi connectivity index (χ1v) is 4.77. The predicted octanol–water partition coefficient (Wildman–Crippen LogP) is 3.41. The third kappa shape index (κ3) is 6.21. The van der Waals surface area contributed by atoms with Gasteiger partial charge in [0.15, 0.2) is 0 Å². The van der Waals surface area contributed by atoms with Gasteiger partial charge < -0.3 is 5.32 Å². The maximum atomic E-state index is 3.95. The zero-order chi connectivity index (χ0) is 10.3. The first-order chi connectivity index (χ1) is 6.07. The van der Waals surface area contributed by atoms with E-state index in [4.69, 9.17) is 0 Å². The van der Waals surface area contributed by atoms with Crippen molar-refractivity contribution >= 4 is 0 Å². The van der Waals surface area contributed by atoms with Gasteiger partial charge in [0, 0.05) is 12.7 Å². The van der Waals surface area contributed by atoms with E-state index in [9.17, 15) is 0 Å². The molecule has 1 nitrogen and oxygen atoms in total. The second-order valence-corrected chi connectivity index (χ2v) is 3.44. The fourth-order valence-corrected chi connectivity index (χ4v) is 1.02. The van der Waals surface area contributed by atoms with Crippen molar-refractivity contribution in [2.45, 2.75) is 32.6 Å². The van der Waals surface area contributed by atoms with Crippen molar-refractivity contribution in [3.8, 4) is 0 Å². The lowest BCUT2D eigenvalue weighted by molar-refractivity contribution is 0.704. The summed E-state index contributed by atoms with van der Waals surface area (Å²) in [6.45, 7) is 13.7. The molecule has 1 N–H and O–H groups in total. The highest BCUT2D eigenvalue weighted by molar-refractivity contribution is 5.22. The van der Waals surface area contributed by atoms with Gasteiger partial charge in [-0.2, -0.15) is 0 Å². The molecule has 1 heteroatoms. The maximum absolute atomic E-state index is 3.95. The molecule has 74 valence electrons. The highest BCUT2D eigenvalue weighted by Gasteiger charge is 1.96. The summed E-state index contributed by atoms with van der Waals surface area (Å²) in [5.74, 6) is 0. The Morgan fingerprint density at radius 2 is 1.62 bits per heavy atom. The van der Waals surface area contributed by atoms with E-state index in [0.717, 1.165) is 24.1 Å². The molecule has 0 unspecified atom stereocenters. The van der Waals surface area contributed by atoms with E-state index < -0.39 is 0 Å².